The van der Waals surface area contributed by atoms with Crippen LogP contribution in [-0.2, 0) is 0 Å². The van der Waals surface area contributed by atoms with Gasteiger partial charge in [-0.1, -0.05) is 18.2 Å². The van der Waals surface area contributed by atoms with E-state index in [0.717, 1.165) is 50.2 Å². The first-order valence-electron chi connectivity index (χ1n) is 9.56. The van der Waals surface area contributed by atoms with Crippen LogP contribution in [0.1, 0.15) is 32.6 Å². The fraction of sp³-hybridized carbons (Fsp3) is 0.650. The molecule has 1 saturated carbocycles. The largest absolute Gasteiger partial charge is 0.490 e. The van der Waals surface area contributed by atoms with Crippen LogP contribution in [0.5, 0.6) is 5.75 Å². The minimum absolute atomic E-state index is 0. The van der Waals surface area contributed by atoms with E-state index in [0.29, 0.717) is 12.1 Å². The first kappa shape index (κ1) is 21.3. The minimum atomic E-state index is 0. The summed E-state index contributed by atoms with van der Waals surface area (Å²) < 4.78 is 6.09. The van der Waals surface area contributed by atoms with Gasteiger partial charge in [-0.15, -0.1) is 24.0 Å². The summed E-state index contributed by atoms with van der Waals surface area (Å²) in [5.74, 6) is 2.00. The molecule has 1 N–H and O–H groups in total. The lowest BCUT2D eigenvalue weighted by molar-refractivity contribution is 0.129. The van der Waals surface area contributed by atoms with Crippen molar-refractivity contribution in [2.24, 2.45) is 4.99 Å². The van der Waals surface area contributed by atoms with E-state index in [-0.39, 0.29) is 24.0 Å². The van der Waals surface area contributed by atoms with Gasteiger partial charge < -0.3 is 15.0 Å². The van der Waals surface area contributed by atoms with Crippen molar-refractivity contribution < 1.29 is 4.74 Å². The molecular formula is C20H33IN4O. The number of halogens is 1. The molecule has 2 aliphatic rings. The molecule has 1 aliphatic carbocycles. The molecule has 0 amide bonds. The van der Waals surface area contributed by atoms with Gasteiger partial charge in [0, 0.05) is 51.6 Å². The summed E-state index contributed by atoms with van der Waals surface area (Å²) >= 11 is 0. The predicted molar refractivity (Wildman–Crippen MR) is 119 cm³/mol. The normalized spacial score (nSPS) is 19.8. The molecule has 26 heavy (non-hydrogen) atoms. The number of hydrogen-bond donors (Lipinski definition) is 1. The van der Waals surface area contributed by atoms with E-state index in [1.54, 1.807) is 0 Å². The van der Waals surface area contributed by atoms with E-state index in [1.807, 2.05) is 37.4 Å². The number of guanidine groups is 1. The van der Waals surface area contributed by atoms with E-state index in [9.17, 15) is 0 Å². The Kier molecular flexibility index (Phi) is 8.47. The number of nitrogens with zero attached hydrogens (tertiary/aromatic N) is 3. The fourth-order valence-corrected chi connectivity index (χ4v) is 3.43. The molecule has 146 valence electrons. The van der Waals surface area contributed by atoms with Crippen LogP contribution in [0.25, 0.3) is 0 Å². The molecule has 0 spiro atoms. The Labute approximate surface area is 175 Å². The second-order valence-electron chi connectivity index (χ2n) is 7.29. The van der Waals surface area contributed by atoms with Crippen LogP contribution in [0.2, 0.25) is 0 Å². The van der Waals surface area contributed by atoms with Crippen LogP contribution in [0.4, 0.5) is 0 Å². The molecule has 1 saturated heterocycles. The van der Waals surface area contributed by atoms with E-state index < -0.39 is 0 Å². The lowest BCUT2D eigenvalue weighted by Crippen LogP contribution is -2.50. The number of hydrogen-bond acceptors (Lipinski definition) is 3. The van der Waals surface area contributed by atoms with Gasteiger partial charge in [-0.05, 0) is 38.9 Å². The van der Waals surface area contributed by atoms with Gasteiger partial charge in [0.2, 0.25) is 0 Å². The van der Waals surface area contributed by atoms with Crippen molar-refractivity contribution in [2.45, 2.75) is 50.8 Å². The number of aliphatic imine (C=N–C) groups is 1. The molecule has 1 heterocycles. The van der Waals surface area contributed by atoms with Crippen LogP contribution in [-0.4, -0.2) is 67.7 Å². The molecule has 2 fully saturated rings. The Morgan fingerprint density at radius 2 is 1.88 bits per heavy atom. The van der Waals surface area contributed by atoms with Gasteiger partial charge in [0.15, 0.2) is 5.96 Å². The number of likely N-dealkylation sites (tertiary alicyclic amines) is 1. The molecule has 5 nitrogen and oxygen atoms in total. The van der Waals surface area contributed by atoms with Crippen LogP contribution in [0.15, 0.2) is 35.3 Å². The lowest BCUT2D eigenvalue weighted by Gasteiger charge is -2.35. The highest BCUT2D eigenvalue weighted by Crippen LogP contribution is 2.26. The quantitative estimate of drug-likeness (QED) is 0.392. The van der Waals surface area contributed by atoms with Crippen LogP contribution >= 0.6 is 24.0 Å². The lowest BCUT2D eigenvalue weighted by atomic mass is 10.1. The van der Waals surface area contributed by atoms with Gasteiger partial charge in [0.1, 0.15) is 11.9 Å². The fourth-order valence-electron chi connectivity index (χ4n) is 3.43. The summed E-state index contributed by atoms with van der Waals surface area (Å²) in [5, 5.41) is 3.56. The van der Waals surface area contributed by atoms with Crippen molar-refractivity contribution in [3.8, 4) is 5.75 Å². The Morgan fingerprint density at radius 3 is 2.46 bits per heavy atom. The zero-order chi connectivity index (χ0) is 17.6. The second kappa shape index (κ2) is 10.3. The van der Waals surface area contributed by atoms with Gasteiger partial charge in [0.25, 0.3) is 0 Å². The molecule has 0 bridgehead atoms. The number of likely N-dealkylation sites (N-methyl/N-ethyl adjacent to an activating group) is 1. The highest BCUT2D eigenvalue weighted by molar-refractivity contribution is 14.0. The van der Waals surface area contributed by atoms with E-state index in [4.69, 9.17) is 4.74 Å². The van der Waals surface area contributed by atoms with E-state index in [1.165, 1.54) is 12.8 Å². The molecule has 6 heteroatoms. The van der Waals surface area contributed by atoms with E-state index in [2.05, 4.69) is 34.1 Å². The molecule has 1 aliphatic heterocycles. The van der Waals surface area contributed by atoms with Gasteiger partial charge in [0.05, 0.1) is 0 Å². The number of piperidine rings is 1. The number of benzene rings is 1. The number of para-hydroxylation sites is 1. The number of rotatable bonds is 6. The maximum atomic E-state index is 6.09. The predicted octanol–water partition coefficient (Wildman–Crippen LogP) is 3.21. The highest BCUT2D eigenvalue weighted by atomic mass is 127. The summed E-state index contributed by atoms with van der Waals surface area (Å²) in [7, 11) is 4.11. The third kappa shape index (κ3) is 6.01. The molecule has 0 aromatic heterocycles. The zero-order valence-corrected chi connectivity index (χ0v) is 18.6. The van der Waals surface area contributed by atoms with Gasteiger partial charge in [-0.2, -0.15) is 0 Å². The SMILES string of the molecule is CN=C(NCC(C)N(C)C1CC1)N1CCC(Oc2ccccc2)CC1.I. The summed E-state index contributed by atoms with van der Waals surface area (Å²) in [4.78, 5) is 9.33. The monoisotopic (exact) mass is 472 g/mol. The summed E-state index contributed by atoms with van der Waals surface area (Å²) in [6.45, 7) is 5.21. The van der Waals surface area contributed by atoms with Crippen LogP contribution in [0.3, 0.4) is 0 Å². The maximum absolute atomic E-state index is 6.09. The van der Waals surface area contributed by atoms with Crippen molar-refractivity contribution >= 4 is 29.9 Å². The smallest absolute Gasteiger partial charge is 0.193 e. The summed E-state index contributed by atoms with van der Waals surface area (Å²) in [5.41, 5.74) is 0. The first-order valence-corrected chi connectivity index (χ1v) is 9.56. The minimum Gasteiger partial charge on any atom is -0.490 e. The van der Waals surface area contributed by atoms with Crippen LogP contribution in [0, 0.1) is 0 Å². The molecule has 1 aromatic carbocycles. The molecule has 1 aromatic rings. The van der Waals surface area contributed by atoms with E-state index >= 15 is 0 Å². The highest BCUT2D eigenvalue weighted by Gasteiger charge is 2.29. The van der Waals surface area contributed by atoms with Gasteiger partial charge in [-0.25, -0.2) is 0 Å². The standard InChI is InChI=1S/C20H32N4O.HI/c1-16(23(3)17-9-10-17)15-22-20(21-2)24-13-11-19(12-14-24)25-18-7-5-4-6-8-18;/h4-8,16-17,19H,9-15H2,1-3H3,(H,21,22);1H. The first-order chi connectivity index (χ1) is 12.2. The zero-order valence-electron chi connectivity index (χ0n) is 16.2. The molecule has 1 atom stereocenters. The number of nitrogens with one attached hydrogen (secondary N) is 1. The summed E-state index contributed by atoms with van der Waals surface area (Å²) in [6.07, 6.45) is 5.08. The average Bonchev–Trinajstić information content (AvgIpc) is 3.48. The average molecular weight is 472 g/mol. The van der Waals surface area contributed by atoms with Crippen molar-refractivity contribution in [1.82, 2.24) is 15.1 Å². The summed E-state index contributed by atoms with van der Waals surface area (Å²) in [6, 6.07) is 11.5. The third-order valence-corrected chi connectivity index (χ3v) is 5.37. The Morgan fingerprint density at radius 1 is 1.23 bits per heavy atom. The molecule has 1 unspecified atom stereocenters. The molecular weight excluding hydrogens is 439 g/mol. The van der Waals surface area contributed by atoms with Crippen molar-refractivity contribution in [3.63, 3.8) is 0 Å². The molecule has 0 radical (unpaired) electrons. The number of ether oxygens (including phenoxy) is 1. The Hall–Kier alpha value is -1.02. The van der Waals surface area contributed by atoms with Crippen molar-refractivity contribution in [1.29, 1.82) is 0 Å². The van der Waals surface area contributed by atoms with Crippen molar-refractivity contribution in [3.05, 3.63) is 30.3 Å². The Bertz CT molecular complexity index is 556. The van der Waals surface area contributed by atoms with Crippen molar-refractivity contribution in [2.75, 3.05) is 33.7 Å². The molecule has 3 rings (SSSR count). The van der Waals surface area contributed by atoms with Crippen LogP contribution < -0.4 is 10.1 Å². The van der Waals surface area contributed by atoms with Gasteiger partial charge in [-0.3, -0.25) is 9.89 Å². The topological polar surface area (TPSA) is 40.1 Å². The maximum Gasteiger partial charge on any atom is 0.193 e. The van der Waals surface area contributed by atoms with Gasteiger partial charge >= 0.3 is 0 Å². The second-order valence-corrected chi connectivity index (χ2v) is 7.29. The third-order valence-electron chi connectivity index (χ3n) is 5.37. The Balaban J connectivity index is 0.00000243.